The quantitative estimate of drug-likeness (QED) is 0.765. The first-order valence-electron chi connectivity index (χ1n) is 5.58. The number of amides is 1. The van der Waals surface area contributed by atoms with Gasteiger partial charge in [-0.05, 0) is 19.8 Å². The SMILES string of the molecule is CC(NC1C(=O)NCC1(C)C)C1(Br)CC1. The van der Waals surface area contributed by atoms with Crippen molar-refractivity contribution in [1.82, 2.24) is 10.6 Å². The topological polar surface area (TPSA) is 41.1 Å². The molecular weight excluding hydrogens is 256 g/mol. The van der Waals surface area contributed by atoms with Gasteiger partial charge in [0.1, 0.15) is 0 Å². The van der Waals surface area contributed by atoms with Crippen molar-refractivity contribution in [1.29, 1.82) is 0 Å². The monoisotopic (exact) mass is 274 g/mol. The molecule has 2 N–H and O–H groups in total. The fraction of sp³-hybridized carbons (Fsp3) is 0.909. The smallest absolute Gasteiger partial charge is 0.237 e. The van der Waals surface area contributed by atoms with Crippen LogP contribution in [0.4, 0.5) is 0 Å². The molecule has 1 saturated heterocycles. The van der Waals surface area contributed by atoms with Crippen LogP contribution in [0.3, 0.4) is 0 Å². The summed E-state index contributed by atoms with van der Waals surface area (Å²) in [5, 5.41) is 6.38. The zero-order valence-corrected chi connectivity index (χ0v) is 11.1. The van der Waals surface area contributed by atoms with Gasteiger partial charge in [-0.25, -0.2) is 0 Å². The van der Waals surface area contributed by atoms with Gasteiger partial charge >= 0.3 is 0 Å². The third-order valence-electron chi connectivity index (χ3n) is 3.68. The lowest BCUT2D eigenvalue weighted by atomic mass is 9.87. The first kappa shape index (κ1) is 11.4. The summed E-state index contributed by atoms with van der Waals surface area (Å²) in [6.07, 6.45) is 2.41. The van der Waals surface area contributed by atoms with Crippen molar-refractivity contribution in [3.8, 4) is 0 Å². The minimum Gasteiger partial charge on any atom is -0.354 e. The van der Waals surface area contributed by atoms with Crippen LogP contribution in [-0.4, -0.2) is 28.9 Å². The molecule has 1 aliphatic heterocycles. The van der Waals surface area contributed by atoms with Gasteiger partial charge in [0.2, 0.25) is 5.91 Å². The fourth-order valence-electron chi connectivity index (χ4n) is 2.13. The number of alkyl halides is 1. The minimum absolute atomic E-state index is 0.0175. The van der Waals surface area contributed by atoms with Crippen molar-refractivity contribution in [2.24, 2.45) is 5.41 Å². The van der Waals surface area contributed by atoms with E-state index in [1.54, 1.807) is 0 Å². The fourth-order valence-corrected chi connectivity index (χ4v) is 2.46. The molecule has 0 aromatic heterocycles. The molecule has 3 nitrogen and oxygen atoms in total. The van der Waals surface area contributed by atoms with Crippen LogP contribution in [0.5, 0.6) is 0 Å². The second-order valence-electron chi connectivity index (χ2n) is 5.56. The third kappa shape index (κ3) is 2.07. The average molecular weight is 275 g/mol. The predicted molar refractivity (Wildman–Crippen MR) is 64.1 cm³/mol. The van der Waals surface area contributed by atoms with Gasteiger partial charge in [0, 0.05) is 22.3 Å². The number of carbonyl (C=O) groups is 1. The van der Waals surface area contributed by atoms with Crippen LogP contribution < -0.4 is 10.6 Å². The highest BCUT2D eigenvalue weighted by molar-refractivity contribution is 9.10. The van der Waals surface area contributed by atoms with Gasteiger partial charge in [-0.2, -0.15) is 0 Å². The number of halogens is 1. The second kappa shape index (κ2) is 3.45. The van der Waals surface area contributed by atoms with Crippen molar-refractivity contribution >= 4 is 21.8 Å². The highest BCUT2D eigenvalue weighted by atomic mass is 79.9. The summed E-state index contributed by atoms with van der Waals surface area (Å²) in [5.41, 5.74) is 0.0175. The lowest BCUT2D eigenvalue weighted by Crippen LogP contribution is -2.51. The predicted octanol–water partition coefficient (Wildman–Crippen LogP) is 1.42. The number of nitrogens with one attached hydrogen (secondary N) is 2. The Morgan fingerprint density at radius 1 is 1.53 bits per heavy atom. The molecule has 2 unspecified atom stereocenters. The summed E-state index contributed by atoms with van der Waals surface area (Å²) in [7, 11) is 0. The van der Waals surface area contributed by atoms with Crippen LogP contribution in [0.25, 0.3) is 0 Å². The maximum absolute atomic E-state index is 11.7. The van der Waals surface area contributed by atoms with Gasteiger partial charge in [-0.15, -0.1) is 0 Å². The first-order valence-corrected chi connectivity index (χ1v) is 6.37. The van der Waals surface area contributed by atoms with E-state index in [9.17, 15) is 4.79 Å². The van der Waals surface area contributed by atoms with Gasteiger partial charge in [0.15, 0.2) is 0 Å². The molecule has 4 heteroatoms. The van der Waals surface area contributed by atoms with Crippen molar-refractivity contribution in [3.05, 3.63) is 0 Å². The maximum Gasteiger partial charge on any atom is 0.237 e. The van der Waals surface area contributed by atoms with Crippen LogP contribution in [0.2, 0.25) is 0 Å². The standard InChI is InChI=1S/C11H19BrN2O/c1-7(11(12)4-5-11)14-8-9(15)13-6-10(8,2)3/h7-8,14H,4-6H2,1-3H3,(H,13,15). The summed E-state index contributed by atoms with van der Waals surface area (Å²) in [6, 6.07) is 0.299. The molecule has 2 fully saturated rings. The van der Waals surface area contributed by atoms with Crippen LogP contribution in [-0.2, 0) is 4.79 Å². The average Bonchev–Trinajstić information content (AvgIpc) is 2.84. The first-order chi connectivity index (χ1) is 6.85. The van der Waals surface area contributed by atoms with E-state index in [1.807, 2.05) is 0 Å². The van der Waals surface area contributed by atoms with Crippen molar-refractivity contribution in [2.45, 2.75) is 50.0 Å². The Labute approximate surface area is 99.5 Å². The molecule has 1 amide bonds. The molecule has 1 aliphatic carbocycles. The van der Waals surface area contributed by atoms with E-state index >= 15 is 0 Å². The lowest BCUT2D eigenvalue weighted by molar-refractivity contribution is -0.121. The molecule has 1 saturated carbocycles. The Morgan fingerprint density at radius 2 is 2.13 bits per heavy atom. The summed E-state index contributed by atoms with van der Waals surface area (Å²) >= 11 is 3.73. The van der Waals surface area contributed by atoms with E-state index in [0.29, 0.717) is 6.04 Å². The molecule has 2 rings (SSSR count). The van der Waals surface area contributed by atoms with Crippen molar-refractivity contribution < 1.29 is 4.79 Å². The molecule has 2 atom stereocenters. The molecular formula is C11H19BrN2O. The van der Waals surface area contributed by atoms with Gasteiger partial charge in [0.25, 0.3) is 0 Å². The molecule has 15 heavy (non-hydrogen) atoms. The summed E-state index contributed by atoms with van der Waals surface area (Å²) < 4.78 is 0.242. The van der Waals surface area contributed by atoms with E-state index in [2.05, 4.69) is 47.3 Å². The molecule has 86 valence electrons. The molecule has 2 aliphatic rings. The Kier molecular flexibility index (Phi) is 2.62. The number of carbonyl (C=O) groups excluding carboxylic acids is 1. The molecule has 1 heterocycles. The zero-order valence-electron chi connectivity index (χ0n) is 9.56. The maximum atomic E-state index is 11.7. The zero-order chi connectivity index (χ0) is 11.3. The largest absolute Gasteiger partial charge is 0.354 e. The molecule has 0 aromatic rings. The number of rotatable bonds is 3. The lowest BCUT2D eigenvalue weighted by Gasteiger charge is -2.30. The number of hydrogen-bond donors (Lipinski definition) is 2. The van der Waals surface area contributed by atoms with Crippen LogP contribution in [0.15, 0.2) is 0 Å². The summed E-state index contributed by atoms with van der Waals surface area (Å²) in [4.78, 5) is 11.7. The van der Waals surface area contributed by atoms with E-state index in [0.717, 1.165) is 6.54 Å². The normalized spacial score (nSPS) is 33.6. The van der Waals surface area contributed by atoms with Crippen LogP contribution in [0.1, 0.15) is 33.6 Å². The Hall–Kier alpha value is -0.0900. The molecule has 0 bridgehead atoms. The summed E-state index contributed by atoms with van der Waals surface area (Å²) in [6.45, 7) is 7.18. The van der Waals surface area contributed by atoms with E-state index in [1.165, 1.54) is 12.8 Å². The highest BCUT2D eigenvalue weighted by Gasteiger charge is 2.49. The second-order valence-corrected chi connectivity index (χ2v) is 7.14. The highest BCUT2D eigenvalue weighted by Crippen LogP contribution is 2.47. The third-order valence-corrected chi connectivity index (χ3v) is 5.16. The van der Waals surface area contributed by atoms with Crippen molar-refractivity contribution in [3.63, 3.8) is 0 Å². The van der Waals surface area contributed by atoms with E-state index in [4.69, 9.17) is 0 Å². The van der Waals surface area contributed by atoms with Gasteiger partial charge in [-0.3, -0.25) is 4.79 Å². The molecule has 0 radical (unpaired) electrons. The number of hydrogen-bond acceptors (Lipinski definition) is 2. The van der Waals surface area contributed by atoms with Gasteiger partial charge in [-0.1, -0.05) is 29.8 Å². The van der Waals surface area contributed by atoms with Crippen LogP contribution >= 0.6 is 15.9 Å². The van der Waals surface area contributed by atoms with Gasteiger partial charge < -0.3 is 10.6 Å². The van der Waals surface area contributed by atoms with E-state index < -0.39 is 0 Å². The molecule has 0 aromatic carbocycles. The van der Waals surface area contributed by atoms with Gasteiger partial charge in [0.05, 0.1) is 6.04 Å². The molecule has 0 spiro atoms. The van der Waals surface area contributed by atoms with Crippen molar-refractivity contribution in [2.75, 3.05) is 6.54 Å². The Morgan fingerprint density at radius 3 is 2.53 bits per heavy atom. The van der Waals surface area contributed by atoms with Crippen LogP contribution in [0, 0.1) is 5.41 Å². The minimum atomic E-state index is -0.0532. The summed E-state index contributed by atoms with van der Waals surface area (Å²) in [5.74, 6) is 0.142. The Balaban J connectivity index is 2.01. The van der Waals surface area contributed by atoms with E-state index in [-0.39, 0.29) is 21.7 Å². The Bertz CT molecular complexity index is 286.